The largest absolute Gasteiger partial charge is 0.395 e. The third-order valence-corrected chi connectivity index (χ3v) is 9.84. The summed E-state index contributed by atoms with van der Waals surface area (Å²) in [5.74, 6) is 0. The van der Waals surface area contributed by atoms with Gasteiger partial charge in [-0.3, -0.25) is 4.90 Å². The van der Waals surface area contributed by atoms with E-state index in [0.29, 0.717) is 13.1 Å². The molecule has 0 aliphatic rings. The molecular formula is C40H85N2O4+. The molecule has 0 aromatic carbocycles. The zero-order valence-electron chi connectivity index (χ0n) is 31.8. The number of unbranched alkanes of at least 4 members (excludes halogenated alkanes) is 22. The van der Waals surface area contributed by atoms with Crippen LogP contribution in [0.3, 0.4) is 0 Å². The van der Waals surface area contributed by atoms with Gasteiger partial charge in [0.05, 0.1) is 40.0 Å². The molecule has 0 aromatic heterocycles. The van der Waals surface area contributed by atoms with Crippen LogP contribution in [0.5, 0.6) is 0 Å². The number of aliphatic hydroxyl groups excluding tert-OH is 2. The van der Waals surface area contributed by atoms with Crippen molar-refractivity contribution in [3.63, 3.8) is 0 Å². The van der Waals surface area contributed by atoms with Crippen molar-refractivity contribution >= 4 is 0 Å². The predicted octanol–water partition coefficient (Wildman–Crippen LogP) is 9.55. The average molecular weight is 658 g/mol. The standard InChI is InChI=1S/C40H85N2O4/c1-4-6-8-10-12-14-16-18-20-22-24-26-37-45-39-33-42(3,32-28-29-41(30-35-43)31-36-44)34-40-46-38-27-25-23-21-19-17-15-13-11-9-7-5-2/h43-44H,4-40H2,1-3H3/q+1. The fourth-order valence-corrected chi connectivity index (χ4v) is 6.49. The topological polar surface area (TPSA) is 62.2 Å². The van der Waals surface area contributed by atoms with Crippen molar-refractivity contribution in [2.75, 3.05) is 86.0 Å². The van der Waals surface area contributed by atoms with E-state index in [1.807, 2.05) is 0 Å². The number of ether oxygens (including phenoxy) is 2. The lowest BCUT2D eigenvalue weighted by Crippen LogP contribution is -2.50. The highest BCUT2D eigenvalue weighted by Gasteiger charge is 2.21. The van der Waals surface area contributed by atoms with Crippen molar-refractivity contribution in [2.24, 2.45) is 0 Å². The van der Waals surface area contributed by atoms with Gasteiger partial charge in [-0.2, -0.15) is 0 Å². The normalized spacial score (nSPS) is 12.1. The summed E-state index contributed by atoms with van der Waals surface area (Å²) in [4.78, 5) is 2.17. The van der Waals surface area contributed by atoms with Gasteiger partial charge >= 0.3 is 0 Å². The average Bonchev–Trinajstić information content (AvgIpc) is 3.05. The first kappa shape index (κ1) is 45.8. The summed E-state index contributed by atoms with van der Waals surface area (Å²) in [7, 11) is 2.35. The Labute approximate surface area is 289 Å². The Morgan fingerprint density at radius 2 is 0.717 bits per heavy atom. The van der Waals surface area contributed by atoms with Crippen molar-refractivity contribution in [3.05, 3.63) is 0 Å². The van der Waals surface area contributed by atoms with Gasteiger partial charge in [0.1, 0.15) is 13.1 Å². The Kier molecular flexibility index (Phi) is 37.4. The number of quaternary nitrogens is 1. The Morgan fingerprint density at radius 3 is 1.04 bits per heavy atom. The van der Waals surface area contributed by atoms with E-state index in [4.69, 9.17) is 9.47 Å². The van der Waals surface area contributed by atoms with Gasteiger partial charge < -0.3 is 24.2 Å². The quantitative estimate of drug-likeness (QED) is 0.0508. The predicted molar refractivity (Wildman–Crippen MR) is 200 cm³/mol. The van der Waals surface area contributed by atoms with Gasteiger partial charge in [0.2, 0.25) is 0 Å². The summed E-state index contributed by atoms with van der Waals surface area (Å²) in [5, 5.41) is 18.7. The Bertz CT molecular complexity index is 525. The number of rotatable bonds is 40. The number of likely N-dealkylation sites (N-methyl/N-ethyl adjacent to an activating group) is 1. The van der Waals surface area contributed by atoms with E-state index in [-0.39, 0.29) is 13.2 Å². The molecule has 0 amide bonds. The van der Waals surface area contributed by atoms with Gasteiger partial charge in [-0.05, 0) is 12.8 Å². The maximum atomic E-state index is 9.37. The highest BCUT2D eigenvalue weighted by Crippen LogP contribution is 2.14. The molecule has 0 aliphatic carbocycles. The SMILES string of the molecule is CCCCCCCCCCCCCCOCC[N+](C)(CCCN(CCO)CCO)CCOCCCCCCCCCCCCCC. The van der Waals surface area contributed by atoms with Gasteiger partial charge in [-0.25, -0.2) is 0 Å². The monoisotopic (exact) mass is 658 g/mol. The summed E-state index contributed by atoms with van der Waals surface area (Å²) in [5.41, 5.74) is 0. The molecule has 0 rings (SSSR count). The molecule has 0 unspecified atom stereocenters. The van der Waals surface area contributed by atoms with E-state index in [1.165, 1.54) is 154 Å². The lowest BCUT2D eigenvalue weighted by molar-refractivity contribution is -0.910. The van der Waals surface area contributed by atoms with Gasteiger partial charge in [0, 0.05) is 39.3 Å². The summed E-state index contributed by atoms with van der Waals surface area (Å²) in [6.45, 7) is 13.5. The van der Waals surface area contributed by atoms with E-state index >= 15 is 0 Å². The van der Waals surface area contributed by atoms with E-state index in [9.17, 15) is 10.2 Å². The van der Waals surface area contributed by atoms with E-state index in [0.717, 1.165) is 63.5 Å². The molecule has 46 heavy (non-hydrogen) atoms. The van der Waals surface area contributed by atoms with Crippen molar-refractivity contribution in [3.8, 4) is 0 Å². The third kappa shape index (κ3) is 33.7. The second kappa shape index (κ2) is 37.6. The van der Waals surface area contributed by atoms with Crippen LogP contribution in [0.1, 0.15) is 174 Å². The fourth-order valence-electron chi connectivity index (χ4n) is 6.49. The number of hydrogen-bond acceptors (Lipinski definition) is 5. The molecule has 0 saturated heterocycles. The smallest absolute Gasteiger partial charge is 0.102 e. The molecule has 6 heteroatoms. The fraction of sp³-hybridized carbons (Fsp3) is 1.00. The molecule has 2 N–H and O–H groups in total. The Morgan fingerprint density at radius 1 is 0.391 bits per heavy atom. The molecule has 0 aromatic rings. The second-order valence-corrected chi connectivity index (χ2v) is 14.4. The van der Waals surface area contributed by atoms with Crippen LogP contribution >= 0.6 is 0 Å². The van der Waals surface area contributed by atoms with Gasteiger partial charge in [0.25, 0.3) is 0 Å². The third-order valence-electron chi connectivity index (χ3n) is 9.84. The Balaban J connectivity index is 4.08. The van der Waals surface area contributed by atoms with Crippen LogP contribution in [0.4, 0.5) is 0 Å². The molecule has 6 nitrogen and oxygen atoms in total. The summed E-state index contributed by atoms with van der Waals surface area (Å²) < 4.78 is 13.2. The second-order valence-electron chi connectivity index (χ2n) is 14.4. The van der Waals surface area contributed by atoms with E-state index in [1.54, 1.807) is 0 Å². The lowest BCUT2D eigenvalue weighted by Gasteiger charge is -2.35. The first-order valence-electron chi connectivity index (χ1n) is 20.5. The van der Waals surface area contributed by atoms with Crippen molar-refractivity contribution in [2.45, 2.75) is 174 Å². The molecule has 0 spiro atoms. The zero-order chi connectivity index (χ0) is 33.7. The van der Waals surface area contributed by atoms with Crippen molar-refractivity contribution in [1.29, 1.82) is 0 Å². The van der Waals surface area contributed by atoms with Crippen LogP contribution in [-0.2, 0) is 9.47 Å². The summed E-state index contributed by atoms with van der Waals surface area (Å²) in [6.07, 6.45) is 34.0. The molecule has 0 fully saturated rings. The zero-order valence-corrected chi connectivity index (χ0v) is 31.8. The Hall–Kier alpha value is -0.240. The summed E-state index contributed by atoms with van der Waals surface area (Å²) >= 11 is 0. The first-order chi connectivity index (χ1) is 22.6. The van der Waals surface area contributed by atoms with Crippen LogP contribution in [-0.4, -0.2) is 106 Å². The molecule has 0 atom stereocenters. The molecular weight excluding hydrogens is 572 g/mol. The lowest BCUT2D eigenvalue weighted by atomic mass is 10.1. The molecule has 0 bridgehead atoms. The van der Waals surface area contributed by atoms with Crippen LogP contribution in [0.15, 0.2) is 0 Å². The maximum absolute atomic E-state index is 9.37. The van der Waals surface area contributed by atoms with Crippen LogP contribution in [0, 0.1) is 0 Å². The van der Waals surface area contributed by atoms with Crippen molar-refractivity contribution < 1.29 is 24.2 Å². The van der Waals surface area contributed by atoms with Crippen molar-refractivity contribution in [1.82, 2.24) is 4.90 Å². The van der Waals surface area contributed by atoms with Gasteiger partial charge in [-0.1, -0.05) is 155 Å². The van der Waals surface area contributed by atoms with Gasteiger partial charge in [0.15, 0.2) is 0 Å². The van der Waals surface area contributed by atoms with Crippen LogP contribution in [0.25, 0.3) is 0 Å². The molecule has 0 radical (unpaired) electrons. The van der Waals surface area contributed by atoms with Gasteiger partial charge in [-0.15, -0.1) is 0 Å². The van der Waals surface area contributed by atoms with E-state index < -0.39 is 0 Å². The molecule has 0 heterocycles. The highest BCUT2D eigenvalue weighted by molar-refractivity contribution is 4.57. The minimum absolute atomic E-state index is 0.145. The molecule has 0 saturated carbocycles. The molecule has 278 valence electrons. The van der Waals surface area contributed by atoms with Crippen LogP contribution in [0.2, 0.25) is 0 Å². The van der Waals surface area contributed by atoms with E-state index in [2.05, 4.69) is 25.8 Å². The highest BCUT2D eigenvalue weighted by atomic mass is 16.5. The van der Waals surface area contributed by atoms with Crippen LogP contribution < -0.4 is 0 Å². The number of aliphatic hydroxyl groups is 2. The minimum Gasteiger partial charge on any atom is -0.395 e. The maximum Gasteiger partial charge on any atom is 0.102 e. The summed E-state index contributed by atoms with van der Waals surface area (Å²) in [6, 6.07) is 0. The number of hydrogen-bond donors (Lipinski definition) is 2. The first-order valence-corrected chi connectivity index (χ1v) is 20.5. The molecule has 0 aliphatic heterocycles. The number of nitrogens with zero attached hydrogens (tertiary/aromatic N) is 2. The minimum atomic E-state index is 0.145.